The van der Waals surface area contributed by atoms with E-state index in [1.807, 2.05) is 64.1 Å². The molecule has 0 bridgehead atoms. The SMILES string of the molecule is Cc1cccc(C)c1NC(=O)CSc1nn2c(SCC(=O)Nc3c(C)cccc3C)nnc2s1. The van der Waals surface area contributed by atoms with Crippen LogP contribution in [0.25, 0.3) is 4.96 Å². The van der Waals surface area contributed by atoms with Crippen molar-refractivity contribution in [3.63, 3.8) is 0 Å². The molecule has 4 rings (SSSR count). The van der Waals surface area contributed by atoms with Crippen LogP contribution in [-0.4, -0.2) is 43.1 Å². The van der Waals surface area contributed by atoms with Crippen LogP contribution in [0, 0.1) is 27.7 Å². The zero-order valence-corrected chi connectivity index (χ0v) is 21.7. The highest BCUT2D eigenvalue weighted by Crippen LogP contribution is 2.28. The van der Waals surface area contributed by atoms with Gasteiger partial charge in [-0.2, -0.15) is 4.52 Å². The molecule has 176 valence electrons. The molecule has 2 aromatic carbocycles. The van der Waals surface area contributed by atoms with Gasteiger partial charge in [0.05, 0.1) is 11.5 Å². The molecule has 0 atom stereocenters. The quantitative estimate of drug-likeness (QED) is 0.324. The average molecular weight is 513 g/mol. The lowest BCUT2D eigenvalue weighted by Crippen LogP contribution is -2.16. The largest absolute Gasteiger partial charge is 0.325 e. The Balaban J connectivity index is 1.34. The van der Waals surface area contributed by atoms with E-state index in [9.17, 15) is 9.59 Å². The summed E-state index contributed by atoms with van der Waals surface area (Å²) in [6, 6.07) is 11.8. The molecule has 0 spiro atoms. The molecule has 2 N–H and O–H groups in total. The summed E-state index contributed by atoms with van der Waals surface area (Å²) in [4.78, 5) is 25.5. The van der Waals surface area contributed by atoms with Gasteiger partial charge in [-0.3, -0.25) is 9.59 Å². The Hall–Kier alpha value is -2.89. The molecule has 0 aliphatic rings. The van der Waals surface area contributed by atoms with Crippen molar-refractivity contribution in [3.05, 3.63) is 58.7 Å². The molecule has 2 amide bonds. The van der Waals surface area contributed by atoms with Gasteiger partial charge in [0.2, 0.25) is 21.9 Å². The molecule has 2 heterocycles. The van der Waals surface area contributed by atoms with Gasteiger partial charge in [0.15, 0.2) is 4.34 Å². The Kier molecular flexibility index (Phi) is 7.54. The molecule has 0 saturated heterocycles. The van der Waals surface area contributed by atoms with Crippen molar-refractivity contribution >= 4 is 63.0 Å². The van der Waals surface area contributed by atoms with Gasteiger partial charge in [-0.1, -0.05) is 71.3 Å². The minimum atomic E-state index is -0.118. The highest BCUT2D eigenvalue weighted by Gasteiger charge is 2.16. The van der Waals surface area contributed by atoms with Crippen molar-refractivity contribution in [2.45, 2.75) is 37.2 Å². The van der Waals surface area contributed by atoms with E-state index in [4.69, 9.17) is 0 Å². The van der Waals surface area contributed by atoms with E-state index >= 15 is 0 Å². The number of hydrogen-bond acceptors (Lipinski definition) is 8. The van der Waals surface area contributed by atoms with Crippen molar-refractivity contribution < 1.29 is 9.59 Å². The van der Waals surface area contributed by atoms with E-state index in [1.165, 1.54) is 34.9 Å². The van der Waals surface area contributed by atoms with E-state index in [-0.39, 0.29) is 23.3 Å². The Morgan fingerprint density at radius 1 is 0.824 bits per heavy atom. The molecule has 0 fully saturated rings. The molecule has 11 heteroatoms. The van der Waals surface area contributed by atoms with Gasteiger partial charge in [0.25, 0.3) is 0 Å². The molecular formula is C23H24N6O2S3. The van der Waals surface area contributed by atoms with Crippen LogP contribution in [0.3, 0.4) is 0 Å². The van der Waals surface area contributed by atoms with Crippen molar-refractivity contribution in [1.82, 2.24) is 19.8 Å². The molecule has 34 heavy (non-hydrogen) atoms. The van der Waals surface area contributed by atoms with Crippen molar-refractivity contribution in [2.75, 3.05) is 22.1 Å². The van der Waals surface area contributed by atoms with Gasteiger partial charge in [-0.05, 0) is 49.9 Å². The number of rotatable bonds is 8. The minimum Gasteiger partial charge on any atom is -0.325 e. The number of para-hydroxylation sites is 2. The number of aromatic nitrogens is 4. The number of hydrogen-bond donors (Lipinski definition) is 2. The van der Waals surface area contributed by atoms with E-state index in [1.54, 1.807) is 4.52 Å². The standard InChI is InChI=1S/C23H24N6O2S3/c1-13-7-5-8-14(2)19(13)24-17(30)11-32-21-26-27-22-29(21)28-23(34-22)33-12-18(31)25-20-15(3)9-6-10-16(20)4/h5-10H,11-12H2,1-4H3,(H,24,30)(H,25,31). The van der Waals surface area contributed by atoms with Gasteiger partial charge in [0, 0.05) is 11.4 Å². The van der Waals surface area contributed by atoms with Crippen LogP contribution in [0.5, 0.6) is 0 Å². The number of nitrogens with zero attached hydrogens (tertiary/aromatic N) is 4. The summed E-state index contributed by atoms with van der Waals surface area (Å²) in [5, 5.41) is 19.3. The highest BCUT2D eigenvalue weighted by molar-refractivity contribution is 8.01. The van der Waals surface area contributed by atoms with E-state index in [0.717, 1.165) is 33.6 Å². The lowest BCUT2D eigenvalue weighted by Gasteiger charge is -2.10. The Morgan fingerprint density at radius 3 is 1.85 bits per heavy atom. The first kappa shape index (κ1) is 24.2. The van der Waals surface area contributed by atoms with Crippen LogP contribution in [0.15, 0.2) is 45.9 Å². The van der Waals surface area contributed by atoms with E-state index in [2.05, 4.69) is 25.9 Å². The van der Waals surface area contributed by atoms with Gasteiger partial charge in [0.1, 0.15) is 0 Å². The van der Waals surface area contributed by atoms with Gasteiger partial charge < -0.3 is 10.6 Å². The minimum absolute atomic E-state index is 0.0915. The second-order valence-electron chi connectivity index (χ2n) is 7.75. The van der Waals surface area contributed by atoms with E-state index < -0.39 is 0 Å². The number of carbonyl (C=O) groups is 2. The number of fused-ring (bicyclic) bond motifs is 1. The maximum atomic E-state index is 12.5. The summed E-state index contributed by atoms with van der Waals surface area (Å²) in [6.07, 6.45) is 0. The van der Waals surface area contributed by atoms with Crippen LogP contribution in [0.2, 0.25) is 0 Å². The number of thioether (sulfide) groups is 2. The van der Waals surface area contributed by atoms with Crippen LogP contribution in [0.1, 0.15) is 22.3 Å². The number of benzene rings is 2. The number of carbonyl (C=O) groups excluding carboxylic acids is 2. The summed E-state index contributed by atoms with van der Waals surface area (Å²) < 4.78 is 2.33. The summed E-state index contributed by atoms with van der Waals surface area (Å²) >= 11 is 3.98. The first-order chi connectivity index (χ1) is 16.3. The van der Waals surface area contributed by atoms with E-state index in [0.29, 0.717) is 14.5 Å². The molecule has 0 saturated carbocycles. The summed E-state index contributed by atoms with van der Waals surface area (Å²) in [7, 11) is 0. The van der Waals surface area contributed by atoms with Crippen molar-refractivity contribution in [1.29, 1.82) is 0 Å². The van der Waals surface area contributed by atoms with Crippen LogP contribution >= 0.6 is 34.9 Å². The second-order valence-corrected chi connectivity index (χ2v) is 10.9. The maximum absolute atomic E-state index is 12.5. The van der Waals surface area contributed by atoms with Crippen LogP contribution < -0.4 is 10.6 Å². The topological polar surface area (TPSA) is 101 Å². The zero-order valence-electron chi connectivity index (χ0n) is 19.2. The lowest BCUT2D eigenvalue weighted by molar-refractivity contribution is -0.114. The fraction of sp³-hybridized carbons (Fsp3) is 0.261. The molecular weight excluding hydrogens is 488 g/mol. The maximum Gasteiger partial charge on any atom is 0.236 e. The van der Waals surface area contributed by atoms with Crippen LogP contribution in [0.4, 0.5) is 11.4 Å². The van der Waals surface area contributed by atoms with Crippen molar-refractivity contribution in [2.24, 2.45) is 0 Å². The molecule has 0 radical (unpaired) electrons. The zero-order chi connectivity index (χ0) is 24.2. The average Bonchev–Trinajstić information content (AvgIpc) is 3.37. The van der Waals surface area contributed by atoms with Gasteiger partial charge in [-0.25, -0.2) is 0 Å². The molecule has 2 aromatic heterocycles. The smallest absolute Gasteiger partial charge is 0.236 e. The number of nitrogens with one attached hydrogen (secondary N) is 2. The third kappa shape index (κ3) is 5.60. The molecule has 0 unspecified atom stereocenters. The van der Waals surface area contributed by atoms with Gasteiger partial charge in [-0.15, -0.1) is 15.3 Å². The summed E-state index contributed by atoms with van der Waals surface area (Å²) in [6.45, 7) is 7.88. The third-order valence-corrected chi connectivity index (χ3v) is 8.05. The molecule has 0 aliphatic heterocycles. The predicted octanol–water partition coefficient (Wildman–Crippen LogP) is 4.88. The van der Waals surface area contributed by atoms with Crippen LogP contribution in [-0.2, 0) is 9.59 Å². The lowest BCUT2D eigenvalue weighted by atomic mass is 10.1. The van der Waals surface area contributed by atoms with Gasteiger partial charge >= 0.3 is 0 Å². The monoisotopic (exact) mass is 512 g/mol. The fourth-order valence-corrected chi connectivity index (χ4v) is 5.78. The highest BCUT2D eigenvalue weighted by atomic mass is 32.2. The normalized spacial score (nSPS) is 11.1. The number of anilines is 2. The number of amides is 2. The van der Waals surface area contributed by atoms with Crippen molar-refractivity contribution in [3.8, 4) is 0 Å². The number of aryl methyl sites for hydroxylation is 4. The fourth-order valence-electron chi connectivity index (χ4n) is 3.36. The summed E-state index contributed by atoms with van der Waals surface area (Å²) in [5.74, 6) is 0.212. The Labute approximate surface area is 209 Å². The second kappa shape index (κ2) is 10.6. The molecule has 0 aliphatic carbocycles. The molecule has 8 nitrogen and oxygen atoms in total. The Bertz CT molecular complexity index is 1320. The first-order valence-corrected chi connectivity index (χ1v) is 13.3. The predicted molar refractivity (Wildman–Crippen MR) is 139 cm³/mol. The third-order valence-electron chi connectivity index (χ3n) is 5.09. The Morgan fingerprint density at radius 2 is 1.32 bits per heavy atom. The first-order valence-electron chi connectivity index (χ1n) is 10.5. The summed E-state index contributed by atoms with van der Waals surface area (Å²) in [5.41, 5.74) is 5.79. The molecule has 4 aromatic rings.